The predicted octanol–water partition coefficient (Wildman–Crippen LogP) is 2.36. The molecule has 0 aromatic carbocycles. The van der Waals surface area contributed by atoms with E-state index in [4.69, 9.17) is 0 Å². The molecule has 0 bridgehead atoms. The van der Waals surface area contributed by atoms with Gasteiger partial charge in [0.15, 0.2) is 21.3 Å². The van der Waals surface area contributed by atoms with Crippen molar-refractivity contribution in [2.75, 3.05) is 0 Å². The van der Waals surface area contributed by atoms with Gasteiger partial charge in [-0.2, -0.15) is 0 Å². The molecule has 0 radical (unpaired) electrons. The van der Waals surface area contributed by atoms with Crippen LogP contribution in [0.25, 0.3) is 10.6 Å². The summed E-state index contributed by atoms with van der Waals surface area (Å²) in [6.45, 7) is 0. The topological polar surface area (TPSA) is 39.9 Å². The Bertz CT molecular complexity index is 376. The minimum Gasteiger partial charge on any atom is -0.217 e. The molecular weight excluding hydrogens is 318 g/mol. The summed E-state index contributed by atoms with van der Waals surface area (Å²) in [7, 11) is 0. The Labute approximate surface area is 98.1 Å². The van der Waals surface area contributed by atoms with Crippen LogP contribution in [0.4, 0.5) is 0 Å². The summed E-state index contributed by atoms with van der Waals surface area (Å²) in [6, 6.07) is 3.92. The number of aromatic nitrogens is 3. The fourth-order valence-electron chi connectivity index (χ4n) is 0.848. The number of pyridine rings is 1. The van der Waals surface area contributed by atoms with Crippen molar-refractivity contribution in [2.24, 2.45) is 0 Å². The molecule has 2 aromatic rings. The number of H-pyrrole nitrogens is 1. The van der Waals surface area contributed by atoms with E-state index in [1.165, 1.54) is 11.3 Å². The van der Waals surface area contributed by atoms with Gasteiger partial charge in [0.1, 0.15) is 0 Å². The number of nitrogens with zero attached hydrogens (tertiary/aromatic N) is 2. The minimum absolute atomic E-state index is 0. The van der Waals surface area contributed by atoms with Crippen molar-refractivity contribution in [1.82, 2.24) is 10.2 Å². The third kappa shape index (κ3) is 2.55. The maximum atomic E-state index is 3.99. The Hall–Kier alpha value is -0.330. The first kappa shape index (κ1) is 10.7. The van der Waals surface area contributed by atoms with E-state index in [9.17, 15) is 0 Å². The van der Waals surface area contributed by atoms with Crippen LogP contribution >= 0.6 is 44.2 Å². The van der Waals surface area contributed by atoms with Crippen LogP contribution < -0.4 is 4.98 Å². The van der Waals surface area contributed by atoms with Crippen LogP contribution in [-0.4, -0.2) is 10.2 Å². The van der Waals surface area contributed by atoms with Gasteiger partial charge in [0, 0.05) is 6.07 Å². The van der Waals surface area contributed by atoms with Crippen molar-refractivity contribution in [2.45, 2.75) is 0 Å². The zero-order valence-corrected chi connectivity index (χ0v) is 10.5. The van der Waals surface area contributed by atoms with Crippen LogP contribution in [0.2, 0.25) is 0 Å². The van der Waals surface area contributed by atoms with Gasteiger partial charge < -0.3 is 0 Å². The molecule has 2 rings (SSSR count). The molecule has 13 heavy (non-hydrogen) atoms. The van der Waals surface area contributed by atoms with Gasteiger partial charge in [-0.3, -0.25) is 0 Å². The molecule has 68 valence electrons. The highest BCUT2D eigenvalue weighted by Gasteiger charge is 2.05. The number of aromatic amines is 1. The summed E-state index contributed by atoms with van der Waals surface area (Å²) in [4.78, 5) is 2.99. The first-order valence-electron chi connectivity index (χ1n) is 3.32. The maximum Gasteiger partial charge on any atom is 0.183 e. The number of halogens is 2. The van der Waals surface area contributed by atoms with Crippen molar-refractivity contribution < 1.29 is 4.98 Å². The van der Waals surface area contributed by atoms with Crippen LogP contribution in [-0.2, 0) is 0 Å². The summed E-state index contributed by atoms with van der Waals surface area (Å²) in [5, 5.41) is 8.77. The predicted molar refractivity (Wildman–Crippen MR) is 59.9 cm³/mol. The minimum atomic E-state index is 0. The molecule has 0 fully saturated rings. The summed E-state index contributed by atoms with van der Waals surface area (Å²) < 4.78 is 0.807. The van der Waals surface area contributed by atoms with Gasteiger partial charge in [-0.05, 0) is 22.0 Å². The quantitative estimate of drug-likeness (QED) is 0.808. The number of nitrogens with one attached hydrogen (secondary N) is 1. The van der Waals surface area contributed by atoms with Gasteiger partial charge in [-0.25, -0.2) is 4.98 Å². The van der Waals surface area contributed by atoms with E-state index < -0.39 is 0 Å². The highest BCUT2D eigenvalue weighted by molar-refractivity contribution is 9.11. The molecule has 6 heteroatoms. The average molecular weight is 324 g/mol. The third-order valence-electron chi connectivity index (χ3n) is 1.35. The molecule has 0 amide bonds. The lowest BCUT2D eigenvalue weighted by atomic mass is 10.3. The molecule has 2 aromatic heterocycles. The first-order chi connectivity index (χ1) is 5.86. The molecule has 0 saturated heterocycles. The molecule has 2 heterocycles. The van der Waals surface area contributed by atoms with Crippen molar-refractivity contribution in [3.63, 3.8) is 0 Å². The van der Waals surface area contributed by atoms with Crippen molar-refractivity contribution in [1.29, 1.82) is 0 Å². The van der Waals surface area contributed by atoms with Crippen LogP contribution in [0, 0.1) is 0 Å². The molecule has 0 aliphatic rings. The third-order valence-corrected chi connectivity index (χ3v) is 2.76. The van der Waals surface area contributed by atoms with E-state index in [0.29, 0.717) is 0 Å². The van der Waals surface area contributed by atoms with Gasteiger partial charge in [0.25, 0.3) is 0 Å². The largest absolute Gasteiger partial charge is 0.217 e. The standard InChI is InChI=1S/C7H4BrN3S.BrH/c8-7-11-10-6(12-7)5-2-1-3-9-4-5;/h1-4H;1H/p+1. The number of rotatable bonds is 1. The van der Waals surface area contributed by atoms with E-state index in [2.05, 4.69) is 31.1 Å². The zero-order chi connectivity index (χ0) is 8.39. The second-order valence-corrected chi connectivity index (χ2v) is 4.41. The van der Waals surface area contributed by atoms with E-state index >= 15 is 0 Å². The fourth-order valence-corrected chi connectivity index (χ4v) is 1.96. The van der Waals surface area contributed by atoms with E-state index in [-0.39, 0.29) is 17.0 Å². The highest BCUT2D eigenvalue weighted by Crippen LogP contribution is 2.24. The van der Waals surface area contributed by atoms with Crippen LogP contribution in [0.1, 0.15) is 0 Å². The van der Waals surface area contributed by atoms with Crippen molar-refractivity contribution in [3.8, 4) is 10.6 Å². The van der Waals surface area contributed by atoms with Gasteiger partial charge in [0.05, 0.1) is 5.56 Å². The molecule has 0 atom stereocenters. The lowest BCUT2D eigenvalue weighted by Gasteiger charge is -1.85. The molecule has 0 aliphatic carbocycles. The zero-order valence-electron chi connectivity index (χ0n) is 6.40. The van der Waals surface area contributed by atoms with E-state index in [0.717, 1.165) is 14.5 Å². The van der Waals surface area contributed by atoms with Gasteiger partial charge in [0.2, 0.25) is 0 Å². The number of hydrogen-bond acceptors (Lipinski definition) is 3. The number of hydrogen-bond donors (Lipinski definition) is 0. The molecule has 0 aliphatic heterocycles. The molecule has 0 spiro atoms. The molecule has 0 saturated carbocycles. The smallest absolute Gasteiger partial charge is 0.183 e. The second-order valence-electron chi connectivity index (χ2n) is 2.15. The lowest BCUT2D eigenvalue weighted by molar-refractivity contribution is -0.377. The molecule has 3 nitrogen and oxygen atoms in total. The Kier molecular flexibility index (Phi) is 3.95. The maximum absolute atomic E-state index is 3.99. The van der Waals surface area contributed by atoms with Crippen molar-refractivity contribution in [3.05, 3.63) is 28.4 Å². The average Bonchev–Trinajstić information content (AvgIpc) is 2.54. The van der Waals surface area contributed by atoms with Gasteiger partial charge in [-0.1, -0.05) is 11.3 Å². The summed E-state index contributed by atoms with van der Waals surface area (Å²) in [5.74, 6) is 0. The Morgan fingerprint density at radius 2 is 2.23 bits per heavy atom. The normalized spacial score (nSPS) is 9.31. The first-order valence-corrected chi connectivity index (χ1v) is 4.93. The molecular formula is C7H6Br2N3S+. The van der Waals surface area contributed by atoms with Crippen LogP contribution in [0.3, 0.4) is 0 Å². The molecule has 1 N–H and O–H groups in total. The fraction of sp³-hybridized carbons (Fsp3) is 0. The van der Waals surface area contributed by atoms with Gasteiger partial charge in [-0.15, -0.1) is 27.2 Å². The van der Waals surface area contributed by atoms with Gasteiger partial charge >= 0.3 is 0 Å². The van der Waals surface area contributed by atoms with E-state index in [1.54, 1.807) is 0 Å². The molecule has 0 unspecified atom stereocenters. The van der Waals surface area contributed by atoms with Crippen LogP contribution in [0.15, 0.2) is 28.4 Å². The Morgan fingerprint density at radius 3 is 2.77 bits per heavy atom. The second kappa shape index (κ2) is 4.78. The van der Waals surface area contributed by atoms with Crippen molar-refractivity contribution >= 4 is 44.2 Å². The highest BCUT2D eigenvalue weighted by atomic mass is 79.9. The monoisotopic (exact) mass is 322 g/mol. The Morgan fingerprint density at radius 1 is 1.38 bits per heavy atom. The SMILES string of the molecule is Br.Brc1nnc(-c2ccc[nH+]c2)s1. The van der Waals surface area contributed by atoms with E-state index in [1.807, 2.05) is 24.5 Å². The van der Waals surface area contributed by atoms with Crippen LogP contribution in [0.5, 0.6) is 0 Å². The summed E-state index contributed by atoms with van der Waals surface area (Å²) in [5.41, 5.74) is 1.06. The summed E-state index contributed by atoms with van der Waals surface area (Å²) in [6.07, 6.45) is 3.76. The lowest BCUT2D eigenvalue weighted by Crippen LogP contribution is -1.97. The Balaban J connectivity index is 0.000000845. The summed E-state index contributed by atoms with van der Waals surface area (Å²) >= 11 is 4.78.